The van der Waals surface area contributed by atoms with Gasteiger partial charge in [-0.2, -0.15) is 0 Å². The van der Waals surface area contributed by atoms with E-state index in [0.29, 0.717) is 10.7 Å². The Morgan fingerprint density at radius 2 is 1.88 bits per heavy atom. The van der Waals surface area contributed by atoms with Gasteiger partial charge in [-0.3, -0.25) is 4.79 Å². The van der Waals surface area contributed by atoms with Crippen LogP contribution >= 0.6 is 11.6 Å². The number of hydrogen-bond acceptors (Lipinski definition) is 1. The van der Waals surface area contributed by atoms with E-state index in [9.17, 15) is 4.79 Å². The van der Waals surface area contributed by atoms with Gasteiger partial charge < -0.3 is 5.32 Å². The summed E-state index contributed by atoms with van der Waals surface area (Å²) >= 11 is 6.07. The Hall–Kier alpha value is -1.80. The van der Waals surface area contributed by atoms with E-state index >= 15 is 0 Å². The van der Waals surface area contributed by atoms with Gasteiger partial charge in [-0.05, 0) is 12.1 Å². The van der Waals surface area contributed by atoms with Crippen molar-refractivity contribution >= 4 is 23.2 Å². The summed E-state index contributed by atoms with van der Waals surface area (Å²) in [5.74, 6) is -0.157. The average molecular weight is 232 g/mol. The number of hydrogen-bond donors (Lipinski definition) is 1. The molecule has 0 fully saturated rings. The number of benzene rings is 1. The smallest absolute Gasteiger partial charge is 0.248 e. The molecule has 1 amide bonds. The first-order valence-corrected chi connectivity index (χ1v) is 5.26. The lowest BCUT2D eigenvalue weighted by atomic mass is 10.1. The van der Waals surface area contributed by atoms with Gasteiger partial charge in [0, 0.05) is 22.4 Å². The fourth-order valence-corrected chi connectivity index (χ4v) is 1.65. The third-order valence-corrected chi connectivity index (χ3v) is 2.48. The predicted octanol–water partition coefficient (Wildman–Crippen LogP) is 2.92. The molecule has 1 heterocycles. The van der Waals surface area contributed by atoms with Crippen molar-refractivity contribution in [3.63, 3.8) is 0 Å². The van der Waals surface area contributed by atoms with Gasteiger partial charge in [-0.15, -0.1) is 0 Å². The molecule has 1 aromatic rings. The normalized spacial score (nSPS) is 22.3. The number of nitrogens with one attached hydrogen (secondary N) is 1. The van der Waals surface area contributed by atoms with Crippen LogP contribution in [0, 0.1) is 0 Å². The number of rotatable bonds is 1. The van der Waals surface area contributed by atoms with Crippen molar-refractivity contribution in [2.75, 3.05) is 0 Å². The largest absolute Gasteiger partial charge is 0.322 e. The SMILES string of the molecule is O=C1\C=C/C=C\C=C(\c2ccccc2Cl)N1. The van der Waals surface area contributed by atoms with E-state index in [1.807, 2.05) is 30.4 Å². The molecule has 3 heteroatoms. The van der Waals surface area contributed by atoms with Gasteiger partial charge in [0.15, 0.2) is 0 Å². The van der Waals surface area contributed by atoms with Crippen molar-refractivity contribution in [1.82, 2.24) is 5.32 Å². The molecule has 0 aromatic heterocycles. The van der Waals surface area contributed by atoms with Crippen LogP contribution in [0.5, 0.6) is 0 Å². The third kappa shape index (κ3) is 2.41. The Labute approximate surface area is 98.9 Å². The number of carbonyl (C=O) groups excluding carboxylic acids is 1. The summed E-state index contributed by atoms with van der Waals surface area (Å²) in [5, 5.41) is 3.39. The fraction of sp³-hybridized carbons (Fsp3) is 0. The first kappa shape index (κ1) is 10.7. The minimum absolute atomic E-state index is 0.157. The van der Waals surface area contributed by atoms with Crippen LogP contribution in [0.3, 0.4) is 0 Å². The Bertz CT molecular complexity index is 500. The first-order chi connectivity index (χ1) is 7.77. The van der Waals surface area contributed by atoms with E-state index in [4.69, 9.17) is 11.6 Å². The molecule has 1 aromatic carbocycles. The molecule has 0 spiro atoms. The Morgan fingerprint density at radius 1 is 1.06 bits per heavy atom. The minimum Gasteiger partial charge on any atom is -0.322 e. The molecule has 0 saturated heterocycles. The quantitative estimate of drug-likeness (QED) is 0.791. The lowest BCUT2D eigenvalue weighted by Gasteiger charge is -2.10. The van der Waals surface area contributed by atoms with Crippen LogP contribution in [0.15, 0.2) is 54.6 Å². The molecule has 0 unspecified atom stereocenters. The summed E-state index contributed by atoms with van der Waals surface area (Å²) in [4.78, 5) is 11.4. The highest BCUT2D eigenvalue weighted by Gasteiger charge is 2.07. The zero-order chi connectivity index (χ0) is 11.4. The van der Waals surface area contributed by atoms with Crippen molar-refractivity contribution in [3.8, 4) is 0 Å². The maximum atomic E-state index is 11.4. The van der Waals surface area contributed by atoms with Gasteiger partial charge in [0.25, 0.3) is 0 Å². The molecule has 1 N–H and O–H groups in total. The van der Waals surface area contributed by atoms with Gasteiger partial charge in [0.2, 0.25) is 5.91 Å². The molecule has 0 saturated carbocycles. The highest BCUT2D eigenvalue weighted by Crippen LogP contribution is 2.22. The van der Waals surface area contributed by atoms with Gasteiger partial charge in [-0.25, -0.2) is 0 Å². The molecule has 1 aliphatic heterocycles. The molecule has 0 aliphatic carbocycles. The third-order valence-electron chi connectivity index (χ3n) is 2.15. The fourth-order valence-electron chi connectivity index (χ4n) is 1.41. The molecule has 80 valence electrons. The Balaban J connectivity index is 2.40. The van der Waals surface area contributed by atoms with Crippen LogP contribution < -0.4 is 5.32 Å². The lowest BCUT2D eigenvalue weighted by Crippen LogP contribution is -2.19. The van der Waals surface area contributed by atoms with Crippen molar-refractivity contribution in [2.45, 2.75) is 0 Å². The molecular weight excluding hydrogens is 222 g/mol. The summed E-state index contributed by atoms with van der Waals surface area (Å²) in [5.41, 5.74) is 1.52. The number of allylic oxidation sites excluding steroid dienone is 4. The van der Waals surface area contributed by atoms with Crippen LogP contribution in [0.2, 0.25) is 5.02 Å². The summed E-state index contributed by atoms with van der Waals surface area (Å²) in [6.07, 6.45) is 8.64. The second kappa shape index (κ2) is 4.81. The first-order valence-electron chi connectivity index (χ1n) is 4.88. The van der Waals surface area contributed by atoms with E-state index < -0.39 is 0 Å². The predicted molar refractivity (Wildman–Crippen MR) is 65.9 cm³/mol. The Kier molecular flexibility index (Phi) is 3.22. The zero-order valence-corrected chi connectivity index (χ0v) is 9.24. The van der Waals surface area contributed by atoms with Crippen LogP contribution in [-0.4, -0.2) is 5.91 Å². The van der Waals surface area contributed by atoms with E-state index in [-0.39, 0.29) is 5.91 Å². The summed E-state index contributed by atoms with van der Waals surface area (Å²) in [7, 11) is 0. The molecule has 2 rings (SSSR count). The van der Waals surface area contributed by atoms with E-state index in [1.54, 1.807) is 18.2 Å². The van der Waals surface area contributed by atoms with Gasteiger partial charge in [0.1, 0.15) is 0 Å². The second-order valence-electron chi connectivity index (χ2n) is 3.29. The highest BCUT2D eigenvalue weighted by molar-refractivity contribution is 6.32. The van der Waals surface area contributed by atoms with Crippen molar-refractivity contribution < 1.29 is 4.79 Å². The molecule has 0 radical (unpaired) electrons. The number of carbonyl (C=O) groups is 1. The summed E-state index contributed by atoms with van der Waals surface area (Å²) < 4.78 is 0. The van der Waals surface area contributed by atoms with Crippen molar-refractivity contribution in [1.29, 1.82) is 0 Å². The van der Waals surface area contributed by atoms with Gasteiger partial charge in [-0.1, -0.05) is 48.0 Å². The van der Waals surface area contributed by atoms with Crippen molar-refractivity contribution in [3.05, 3.63) is 65.2 Å². The molecular formula is C13H10ClNO. The Morgan fingerprint density at radius 3 is 2.69 bits per heavy atom. The van der Waals surface area contributed by atoms with Gasteiger partial charge >= 0.3 is 0 Å². The van der Waals surface area contributed by atoms with Gasteiger partial charge in [0.05, 0.1) is 0 Å². The van der Waals surface area contributed by atoms with Crippen LogP contribution in [0.1, 0.15) is 5.56 Å². The minimum atomic E-state index is -0.157. The van der Waals surface area contributed by atoms with Crippen LogP contribution in [0.4, 0.5) is 0 Å². The second-order valence-corrected chi connectivity index (χ2v) is 3.70. The molecule has 0 bridgehead atoms. The molecule has 2 nitrogen and oxygen atoms in total. The lowest BCUT2D eigenvalue weighted by molar-refractivity contribution is -0.115. The standard InChI is InChI=1S/C13H10ClNO/c14-11-7-5-4-6-10(11)12-8-2-1-3-9-13(16)15-12/h1-9H,(H,15,16). The monoisotopic (exact) mass is 231 g/mol. The molecule has 1 aliphatic rings. The number of halogens is 1. The maximum absolute atomic E-state index is 11.4. The highest BCUT2D eigenvalue weighted by atomic mass is 35.5. The number of amides is 1. The molecule has 16 heavy (non-hydrogen) atoms. The van der Waals surface area contributed by atoms with Crippen LogP contribution in [-0.2, 0) is 4.79 Å². The van der Waals surface area contributed by atoms with Crippen molar-refractivity contribution in [2.24, 2.45) is 0 Å². The summed E-state index contributed by atoms with van der Waals surface area (Å²) in [6.45, 7) is 0. The summed E-state index contributed by atoms with van der Waals surface area (Å²) in [6, 6.07) is 7.40. The van der Waals surface area contributed by atoms with E-state index in [1.165, 1.54) is 6.08 Å². The average Bonchev–Trinajstić information content (AvgIpc) is 2.24. The van der Waals surface area contributed by atoms with E-state index in [0.717, 1.165) is 5.56 Å². The maximum Gasteiger partial charge on any atom is 0.248 e. The van der Waals surface area contributed by atoms with E-state index in [2.05, 4.69) is 5.32 Å². The topological polar surface area (TPSA) is 29.1 Å². The molecule has 0 atom stereocenters. The zero-order valence-electron chi connectivity index (χ0n) is 8.48. The van der Waals surface area contributed by atoms with Crippen LogP contribution in [0.25, 0.3) is 5.70 Å².